The Balaban J connectivity index is 1.74. The molecule has 1 N–H and O–H groups in total. The van der Waals surface area contributed by atoms with Gasteiger partial charge in [0.25, 0.3) is 0 Å². The van der Waals surface area contributed by atoms with Gasteiger partial charge >= 0.3 is 0 Å². The van der Waals surface area contributed by atoms with Gasteiger partial charge in [0, 0.05) is 29.7 Å². The zero-order chi connectivity index (χ0) is 16.6. The highest BCUT2D eigenvalue weighted by Crippen LogP contribution is 2.30. The molecule has 1 aliphatic heterocycles. The Morgan fingerprint density at radius 3 is 2.83 bits per heavy atom. The van der Waals surface area contributed by atoms with Crippen molar-refractivity contribution < 1.29 is 9.59 Å². The molecular formula is C17H19N3O2S. The molecule has 2 amide bonds. The van der Waals surface area contributed by atoms with E-state index in [2.05, 4.69) is 10.3 Å². The van der Waals surface area contributed by atoms with Gasteiger partial charge in [-0.25, -0.2) is 4.98 Å². The summed E-state index contributed by atoms with van der Waals surface area (Å²) in [4.78, 5) is 31.6. The molecule has 6 heteroatoms. The first-order chi connectivity index (χ1) is 11.0. The molecule has 1 aliphatic rings. The Bertz CT molecular complexity index is 769. The van der Waals surface area contributed by atoms with Crippen LogP contribution in [0.4, 0.5) is 10.8 Å². The Morgan fingerprint density at radius 2 is 2.13 bits per heavy atom. The van der Waals surface area contributed by atoms with E-state index in [9.17, 15) is 9.59 Å². The van der Waals surface area contributed by atoms with E-state index in [0.717, 1.165) is 21.7 Å². The van der Waals surface area contributed by atoms with Crippen molar-refractivity contribution in [3.05, 3.63) is 40.4 Å². The molecule has 0 bridgehead atoms. The van der Waals surface area contributed by atoms with Crippen molar-refractivity contribution in [2.45, 2.75) is 27.2 Å². The molecular weight excluding hydrogens is 310 g/mol. The van der Waals surface area contributed by atoms with Gasteiger partial charge in [-0.05, 0) is 38.0 Å². The molecule has 1 atom stereocenters. The van der Waals surface area contributed by atoms with Crippen molar-refractivity contribution >= 4 is 34.0 Å². The van der Waals surface area contributed by atoms with Gasteiger partial charge in [-0.1, -0.05) is 12.1 Å². The minimum Gasteiger partial charge on any atom is -0.311 e. The number of nitrogens with zero attached hydrogens (tertiary/aromatic N) is 2. The molecule has 5 nitrogen and oxygen atoms in total. The van der Waals surface area contributed by atoms with E-state index in [-0.39, 0.29) is 24.2 Å². The van der Waals surface area contributed by atoms with Crippen LogP contribution in [0.2, 0.25) is 0 Å². The summed E-state index contributed by atoms with van der Waals surface area (Å²) in [6, 6.07) is 5.90. The predicted molar refractivity (Wildman–Crippen MR) is 91.9 cm³/mol. The Kier molecular flexibility index (Phi) is 4.17. The Hall–Kier alpha value is -2.21. The van der Waals surface area contributed by atoms with Crippen molar-refractivity contribution in [2.24, 2.45) is 5.92 Å². The number of nitrogens with one attached hydrogen (secondary N) is 1. The van der Waals surface area contributed by atoms with E-state index in [0.29, 0.717) is 11.7 Å². The number of aromatic nitrogens is 1. The van der Waals surface area contributed by atoms with Gasteiger partial charge in [-0.2, -0.15) is 0 Å². The van der Waals surface area contributed by atoms with Crippen molar-refractivity contribution in [3.63, 3.8) is 0 Å². The molecule has 23 heavy (non-hydrogen) atoms. The van der Waals surface area contributed by atoms with Crippen LogP contribution in [-0.4, -0.2) is 23.3 Å². The molecule has 1 aromatic carbocycles. The molecule has 120 valence electrons. The predicted octanol–water partition coefficient (Wildman–Crippen LogP) is 3.06. The van der Waals surface area contributed by atoms with E-state index in [1.54, 1.807) is 11.1 Å². The highest BCUT2D eigenvalue weighted by molar-refractivity contribution is 7.15. The number of aryl methyl sites for hydroxylation is 2. The van der Waals surface area contributed by atoms with Gasteiger partial charge in [0.2, 0.25) is 11.8 Å². The average molecular weight is 329 g/mol. The molecule has 0 saturated carbocycles. The maximum atomic E-state index is 12.4. The summed E-state index contributed by atoms with van der Waals surface area (Å²) >= 11 is 1.44. The zero-order valence-electron chi connectivity index (χ0n) is 13.4. The van der Waals surface area contributed by atoms with Crippen molar-refractivity contribution in [1.82, 2.24) is 4.98 Å². The minimum absolute atomic E-state index is 0.00540. The van der Waals surface area contributed by atoms with Crippen LogP contribution in [0.15, 0.2) is 24.4 Å². The third kappa shape index (κ3) is 3.12. The molecule has 1 aromatic heterocycles. The number of hydrogen-bond donors (Lipinski definition) is 1. The molecule has 2 heterocycles. The highest BCUT2D eigenvalue weighted by Gasteiger charge is 2.36. The molecule has 1 saturated heterocycles. The van der Waals surface area contributed by atoms with Crippen LogP contribution in [0, 0.1) is 26.7 Å². The third-order valence-electron chi connectivity index (χ3n) is 4.21. The fraction of sp³-hybridized carbons (Fsp3) is 0.353. The smallest absolute Gasteiger partial charge is 0.231 e. The van der Waals surface area contributed by atoms with Crippen LogP contribution < -0.4 is 10.2 Å². The number of rotatable bonds is 3. The standard InChI is InChI=1S/C17H19N3O2S/c1-10-5-4-6-14(12(10)3)20-9-13(7-15(20)21)16(22)19-17-18-8-11(2)23-17/h4-6,8,13H,7,9H2,1-3H3,(H,18,19,22)/t13-/m0/s1. The number of hydrogen-bond acceptors (Lipinski definition) is 4. The van der Waals surface area contributed by atoms with Crippen molar-refractivity contribution in [2.75, 3.05) is 16.8 Å². The molecule has 1 fully saturated rings. The first-order valence-corrected chi connectivity index (χ1v) is 8.37. The maximum absolute atomic E-state index is 12.4. The summed E-state index contributed by atoms with van der Waals surface area (Å²) < 4.78 is 0. The van der Waals surface area contributed by atoms with Gasteiger partial charge in [0.05, 0.1) is 5.92 Å². The molecule has 0 spiro atoms. The average Bonchev–Trinajstić information content (AvgIpc) is 3.08. The topological polar surface area (TPSA) is 62.3 Å². The third-order valence-corrected chi connectivity index (χ3v) is 5.04. The van der Waals surface area contributed by atoms with Gasteiger partial charge in [0.1, 0.15) is 0 Å². The number of carbonyl (C=O) groups is 2. The van der Waals surface area contributed by atoms with E-state index < -0.39 is 0 Å². The van der Waals surface area contributed by atoms with Crippen molar-refractivity contribution in [1.29, 1.82) is 0 Å². The van der Waals surface area contributed by atoms with Gasteiger partial charge < -0.3 is 10.2 Å². The quantitative estimate of drug-likeness (QED) is 0.941. The largest absolute Gasteiger partial charge is 0.311 e. The van der Waals surface area contributed by atoms with Gasteiger partial charge in [-0.3, -0.25) is 9.59 Å². The van der Waals surface area contributed by atoms with Gasteiger partial charge in [-0.15, -0.1) is 11.3 Å². The normalized spacial score (nSPS) is 17.6. The highest BCUT2D eigenvalue weighted by atomic mass is 32.1. The Morgan fingerprint density at radius 1 is 1.35 bits per heavy atom. The molecule has 2 aromatic rings. The fourth-order valence-electron chi connectivity index (χ4n) is 2.76. The maximum Gasteiger partial charge on any atom is 0.231 e. The summed E-state index contributed by atoms with van der Waals surface area (Å²) in [6.07, 6.45) is 1.96. The summed E-state index contributed by atoms with van der Waals surface area (Å²) in [7, 11) is 0. The Labute approximate surface area is 139 Å². The fourth-order valence-corrected chi connectivity index (χ4v) is 3.43. The number of carbonyl (C=O) groups excluding carboxylic acids is 2. The van der Waals surface area contributed by atoms with E-state index in [4.69, 9.17) is 0 Å². The lowest BCUT2D eigenvalue weighted by molar-refractivity contribution is -0.122. The second-order valence-corrected chi connectivity index (χ2v) is 7.12. The van der Waals surface area contributed by atoms with E-state index >= 15 is 0 Å². The molecule has 0 unspecified atom stereocenters. The van der Waals surface area contributed by atoms with Crippen LogP contribution in [-0.2, 0) is 9.59 Å². The first-order valence-electron chi connectivity index (χ1n) is 7.55. The number of amides is 2. The first kappa shape index (κ1) is 15.7. The summed E-state index contributed by atoms with van der Waals surface area (Å²) in [5, 5.41) is 3.40. The SMILES string of the molecule is Cc1cnc(NC(=O)[C@H]2CC(=O)N(c3cccc(C)c3C)C2)s1. The monoisotopic (exact) mass is 329 g/mol. The molecule has 3 rings (SSSR count). The summed E-state index contributed by atoms with van der Waals surface area (Å²) in [5.41, 5.74) is 3.12. The second-order valence-electron chi connectivity index (χ2n) is 5.89. The second kappa shape index (κ2) is 6.12. The van der Waals surface area contributed by atoms with Crippen LogP contribution in [0.3, 0.4) is 0 Å². The lowest BCUT2D eigenvalue weighted by atomic mass is 10.1. The number of thiazole rings is 1. The lowest BCUT2D eigenvalue weighted by Gasteiger charge is -2.20. The van der Waals surface area contributed by atoms with Crippen LogP contribution in [0.1, 0.15) is 22.4 Å². The van der Waals surface area contributed by atoms with Crippen molar-refractivity contribution in [3.8, 4) is 0 Å². The van der Waals surface area contributed by atoms with Crippen LogP contribution in [0.5, 0.6) is 0 Å². The zero-order valence-corrected chi connectivity index (χ0v) is 14.2. The summed E-state index contributed by atoms with van der Waals surface area (Å²) in [6.45, 7) is 6.38. The number of benzene rings is 1. The number of anilines is 2. The van der Waals surface area contributed by atoms with E-state index in [1.165, 1.54) is 11.3 Å². The van der Waals surface area contributed by atoms with Crippen LogP contribution >= 0.6 is 11.3 Å². The minimum atomic E-state index is -0.341. The lowest BCUT2D eigenvalue weighted by Crippen LogP contribution is -2.28. The van der Waals surface area contributed by atoms with E-state index in [1.807, 2.05) is 39.0 Å². The van der Waals surface area contributed by atoms with Gasteiger partial charge in [0.15, 0.2) is 5.13 Å². The van der Waals surface area contributed by atoms with Crippen LogP contribution in [0.25, 0.3) is 0 Å². The molecule has 0 radical (unpaired) electrons. The summed E-state index contributed by atoms with van der Waals surface area (Å²) in [5.74, 6) is -0.485. The molecule has 0 aliphatic carbocycles.